The third-order valence-electron chi connectivity index (χ3n) is 3.03. The molecule has 84 valence electrons. The van der Waals surface area contributed by atoms with E-state index in [0.717, 1.165) is 33.7 Å². The van der Waals surface area contributed by atoms with Crippen LogP contribution in [0.5, 0.6) is 11.5 Å². The van der Waals surface area contributed by atoms with E-state index in [4.69, 9.17) is 9.47 Å². The fourth-order valence-corrected chi connectivity index (χ4v) is 2.12. The van der Waals surface area contributed by atoms with Crippen LogP contribution < -0.4 is 9.47 Å². The van der Waals surface area contributed by atoms with Gasteiger partial charge >= 0.3 is 0 Å². The Hall–Kier alpha value is -1.71. The van der Waals surface area contributed by atoms with Crippen LogP contribution in [0, 0.1) is 13.8 Å². The Bertz CT molecular complexity index is 584. The molecule has 0 saturated carbocycles. The number of aromatic nitrogens is 2. The fourth-order valence-electron chi connectivity index (χ4n) is 2.12. The van der Waals surface area contributed by atoms with Crippen molar-refractivity contribution in [3.8, 4) is 11.5 Å². The Morgan fingerprint density at radius 1 is 1.12 bits per heavy atom. The highest BCUT2D eigenvalue weighted by Crippen LogP contribution is 2.47. The molecule has 1 aromatic carbocycles. The number of hydrogen-bond acceptors (Lipinski definition) is 3. The van der Waals surface area contributed by atoms with Crippen LogP contribution in [0.25, 0.3) is 11.0 Å². The molecule has 1 aliphatic heterocycles. The van der Waals surface area contributed by atoms with E-state index in [1.165, 1.54) is 0 Å². The van der Waals surface area contributed by atoms with Crippen LogP contribution in [-0.2, 0) is 0 Å². The highest BCUT2D eigenvalue weighted by atomic mass is 16.7. The smallest absolute Gasteiger partial charge is 0.246 e. The number of imidazole rings is 1. The lowest BCUT2D eigenvalue weighted by Gasteiger charge is -2.16. The molecule has 1 aliphatic rings. The molecule has 3 rings (SSSR count). The molecule has 1 N–H and O–H groups in total. The van der Waals surface area contributed by atoms with Crippen molar-refractivity contribution in [3.63, 3.8) is 0 Å². The average Bonchev–Trinajstić information content (AvgIpc) is 2.77. The van der Waals surface area contributed by atoms with Crippen molar-refractivity contribution in [2.75, 3.05) is 0 Å². The second-order valence-corrected chi connectivity index (χ2v) is 4.64. The van der Waals surface area contributed by atoms with Crippen molar-refractivity contribution in [2.24, 2.45) is 0 Å². The first kappa shape index (κ1) is 9.51. The van der Waals surface area contributed by atoms with Crippen molar-refractivity contribution < 1.29 is 9.47 Å². The number of H-pyrrole nitrogens is 1. The molecule has 16 heavy (non-hydrogen) atoms. The molecule has 1 aromatic heterocycles. The molecule has 4 nitrogen and oxygen atoms in total. The summed E-state index contributed by atoms with van der Waals surface area (Å²) in [5, 5.41) is 0. The number of nitrogens with one attached hydrogen (secondary N) is 1. The number of fused-ring (bicyclic) bond motifs is 3. The van der Waals surface area contributed by atoms with Crippen LogP contribution >= 0.6 is 0 Å². The Morgan fingerprint density at radius 2 is 1.81 bits per heavy atom. The first-order chi connectivity index (χ1) is 7.49. The summed E-state index contributed by atoms with van der Waals surface area (Å²) in [4.78, 5) is 7.42. The van der Waals surface area contributed by atoms with Gasteiger partial charge in [0.05, 0.1) is 11.8 Å². The van der Waals surface area contributed by atoms with Crippen LogP contribution in [0.3, 0.4) is 0 Å². The monoisotopic (exact) mass is 218 g/mol. The molecule has 0 bridgehead atoms. The number of aryl methyl sites for hydroxylation is 1. The van der Waals surface area contributed by atoms with E-state index < -0.39 is 5.79 Å². The lowest BCUT2D eigenvalue weighted by molar-refractivity contribution is -0.0429. The molecule has 0 saturated heterocycles. The topological polar surface area (TPSA) is 47.1 Å². The standard InChI is InChI=1S/C12H14N2O2/c1-6-7(2)10-11(16-12(3,4)15-10)9-8(6)13-5-14-9/h5H,1-4H3,(H,13,14). The van der Waals surface area contributed by atoms with Crippen LogP contribution in [0.15, 0.2) is 6.33 Å². The summed E-state index contributed by atoms with van der Waals surface area (Å²) in [6.45, 7) is 7.90. The van der Waals surface area contributed by atoms with Crippen LogP contribution in [-0.4, -0.2) is 15.8 Å². The van der Waals surface area contributed by atoms with Gasteiger partial charge in [0.2, 0.25) is 5.79 Å². The summed E-state index contributed by atoms with van der Waals surface area (Å²) < 4.78 is 11.6. The van der Waals surface area contributed by atoms with Gasteiger partial charge in [-0.1, -0.05) is 0 Å². The van der Waals surface area contributed by atoms with Crippen molar-refractivity contribution in [1.29, 1.82) is 0 Å². The van der Waals surface area contributed by atoms with E-state index in [2.05, 4.69) is 9.97 Å². The SMILES string of the molecule is Cc1c2c(c3[nH]cnc3c1C)OC(C)(C)O2. The van der Waals surface area contributed by atoms with E-state index in [1.54, 1.807) is 6.33 Å². The highest BCUT2D eigenvalue weighted by molar-refractivity contribution is 5.89. The van der Waals surface area contributed by atoms with Crippen molar-refractivity contribution >= 4 is 11.0 Å². The normalized spacial score (nSPS) is 17.0. The summed E-state index contributed by atoms with van der Waals surface area (Å²) in [5.41, 5.74) is 4.11. The van der Waals surface area contributed by atoms with Gasteiger partial charge in [-0.05, 0) is 19.4 Å². The largest absolute Gasteiger partial charge is 0.449 e. The summed E-state index contributed by atoms with van der Waals surface area (Å²) >= 11 is 0. The second kappa shape index (κ2) is 2.70. The Labute approximate surface area is 93.6 Å². The lowest BCUT2D eigenvalue weighted by atomic mass is 10.1. The fraction of sp³-hybridized carbons (Fsp3) is 0.417. The zero-order chi connectivity index (χ0) is 11.5. The molecule has 0 amide bonds. The summed E-state index contributed by atoms with van der Waals surface area (Å²) in [7, 11) is 0. The Morgan fingerprint density at radius 3 is 2.56 bits per heavy atom. The van der Waals surface area contributed by atoms with Gasteiger partial charge in [-0.3, -0.25) is 0 Å². The molecule has 0 fully saturated rings. The van der Waals surface area contributed by atoms with Crippen molar-refractivity contribution in [1.82, 2.24) is 9.97 Å². The van der Waals surface area contributed by atoms with Gasteiger partial charge in [0.1, 0.15) is 5.52 Å². The van der Waals surface area contributed by atoms with Gasteiger partial charge in [0.15, 0.2) is 11.5 Å². The summed E-state index contributed by atoms with van der Waals surface area (Å²) in [5.74, 6) is 1.01. The number of rotatable bonds is 0. The molecule has 2 aromatic rings. The Balaban J connectivity index is 2.40. The minimum Gasteiger partial charge on any atom is -0.449 e. The number of aromatic amines is 1. The van der Waals surface area contributed by atoms with E-state index in [9.17, 15) is 0 Å². The van der Waals surface area contributed by atoms with Crippen LogP contribution in [0.4, 0.5) is 0 Å². The van der Waals surface area contributed by atoms with Gasteiger partial charge < -0.3 is 14.5 Å². The van der Waals surface area contributed by atoms with Crippen LogP contribution in [0.1, 0.15) is 25.0 Å². The van der Waals surface area contributed by atoms with Crippen molar-refractivity contribution in [2.45, 2.75) is 33.5 Å². The molecular formula is C12H14N2O2. The predicted octanol–water partition coefficient (Wildman–Crippen LogP) is 2.69. The zero-order valence-electron chi connectivity index (χ0n) is 9.84. The Kier molecular flexibility index (Phi) is 1.60. The number of benzene rings is 1. The minimum atomic E-state index is -0.598. The maximum absolute atomic E-state index is 5.81. The first-order valence-electron chi connectivity index (χ1n) is 5.34. The summed E-state index contributed by atoms with van der Waals surface area (Å²) in [6.07, 6.45) is 1.69. The van der Waals surface area contributed by atoms with Gasteiger partial charge in [0, 0.05) is 19.4 Å². The van der Waals surface area contributed by atoms with E-state index in [1.807, 2.05) is 27.7 Å². The van der Waals surface area contributed by atoms with Gasteiger partial charge in [-0.15, -0.1) is 0 Å². The first-order valence-corrected chi connectivity index (χ1v) is 5.34. The predicted molar refractivity (Wildman–Crippen MR) is 60.9 cm³/mol. The van der Waals surface area contributed by atoms with E-state index >= 15 is 0 Å². The number of nitrogens with zero attached hydrogens (tertiary/aromatic N) is 1. The maximum atomic E-state index is 5.81. The molecule has 0 unspecified atom stereocenters. The van der Waals surface area contributed by atoms with Gasteiger partial charge in [-0.25, -0.2) is 4.98 Å². The molecule has 0 atom stereocenters. The molecule has 0 spiro atoms. The molecule has 2 heterocycles. The molecule has 4 heteroatoms. The second-order valence-electron chi connectivity index (χ2n) is 4.64. The summed E-state index contributed by atoms with van der Waals surface area (Å²) in [6, 6.07) is 0. The highest BCUT2D eigenvalue weighted by Gasteiger charge is 2.35. The van der Waals surface area contributed by atoms with Crippen LogP contribution in [0.2, 0.25) is 0 Å². The third-order valence-corrected chi connectivity index (χ3v) is 3.03. The van der Waals surface area contributed by atoms with Crippen molar-refractivity contribution in [3.05, 3.63) is 17.5 Å². The van der Waals surface area contributed by atoms with E-state index in [0.29, 0.717) is 0 Å². The maximum Gasteiger partial charge on any atom is 0.246 e. The zero-order valence-corrected chi connectivity index (χ0v) is 9.84. The van der Waals surface area contributed by atoms with E-state index in [-0.39, 0.29) is 0 Å². The number of hydrogen-bond donors (Lipinski definition) is 1. The molecular weight excluding hydrogens is 204 g/mol. The average molecular weight is 218 g/mol. The van der Waals surface area contributed by atoms with Gasteiger partial charge in [-0.2, -0.15) is 0 Å². The number of ether oxygens (including phenoxy) is 2. The lowest BCUT2D eigenvalue weighted by Crippen LogP contribution is -2.29. The minimum absolute atomic E-state index is 0.598. The van der Waals surface area contributed by atoms with Gasteiger partial charge in [0.25, 0.3) is 0 Å². The third kappa shape index (κ3) is 1.07. The molecule has 0 aliphatic carbocycles. The quantitative estimate of drug-likeness (QED) is 0.739. The molecule has 0 radical (unpaired) electrons.